The largest absolute Gasteiger partial charge is 0.417 e. The highest BCUT2D eigenvalue weighted by Gasteiger charge is 2.30. The van der Waals surface area contributed by atoms with E-state index in [1.165, 1.54) is 12.3 Å². The normalized spacial score (nSPS) is 11.9. The van der Waals surface area contributed by atoms with Gasteiger partial charge in [-0.2, -0.15) is 13.2 Å². The van der Waals surface area contributed by atoms with Crippen molar-refractivity contribution in [2.24, 2.45) is 0 Å². The summed E-state index contributed by atoms with van der Waals surface area (Å²) >= 11 is 0. The molecule has 0 aliphatic rings. The molecule has 0 amide bonds. The van der Waals surface area contributed by atoms with Crippen LogP contribution in [0.3, 0.4) is 0 Å². The monoisotopic (exact) mass is 214 g/mol. The van der Waals surface area contributed by atoms with Crippen molar-refractivity contribution >= 4 is 11.9 Å². The van der Waals surface area contributed by atoms with E-state index < -0.39 is 11.7 Å². The van der Waals surface area contributed by atoms with Crippen LogP contribution in [0.5, 0.6) is 0 Å². The average Bonchev–Trinajstić information content (AvgIpc) is 2.57. The second kappa shape index (κ2) is 3.08. The highest BCUT2D eigenvalue weighted by molar-refractivity contribution is 5.73. The number of aromatic nitrogens is 2. The van der Waals surface area contributed by atoms with Crippen LogP contribution in [0.15, 0.2) is 24.5 Å². The topological polar surface area (TPSA) is 34.4 Å². The summed E-state index contributed by atoms with van der Waals surface area (Å²) in [6.45, 7) is 0. The van der Waals surface area contributed by atoms with Gasteiger partial charge in [0.1, 0.15) is 11.3 Å². The first kappa shape index (κ1) is 9.70. The van der Waals surface area contributed by atoms with Gasteiger partial charge in [0.2, 0.25) is 0 Å². The molecule has 6 heteroatoms. The van der Waals surface area contributed by atoms with Crippen molar-refractivity contribution in [1.82, 2.24) is 9.38 Å². The third kappa shape index (κ3) is 1.58. The van der Waals surface area contributed by atoms with Crippen LogP contribution in [0.2, 0.25) is 0 Å². The van der Waals surface area contributed by atoms with E-state index in [2.05, 4.69) is 4.98 Å². The second-order valence-corrected chi connectivity index (χ2v) is 2.94. The molecule has 0 atom stereocenters. The molecular weight excluding hydrogens is 209 g/mol. The summed E-state index contributed by atoms with van der Waals surface area (Å²) in [5, 5.41) is 0. The molecule has 0 aliphatic heterocycles. The number of rotatable bonds is 1. The molecule has 0 bridgehead atoms. The standard InChI is InChI=1S/C9H5F3N2O/c10-9(11,12)6-1-2-8-13-3-7(5-15)14(8)4-6/h1-5H. The summed E-state index contributed by atoms with van der Waals surface area (Å²) in [7, 11) is 0. The fourth-order valence-electron chi connectivity index (χ4n) is 1.25. The Morgan fingerprint density at radius 1 is 1.33 bits per heavy atom. The lowest BCUT2D eigenvalue weighted by atomic mass is 10.3. The number of imidazole rings is 1. The van der Waals surface area contributed by atoms with Gasteiger partial charge in [-0.05, 0) is 12.1 Å². The van der Waals surface area contributed by atoms with Crippen LogP contribution in [0.25, 0.3) is 5.65 Å². The van der Waals surface area contributed by atoms with Gasteiger partial charge >= 0.3 is 6.18 Å². The minimum Gasteiger partial charge on any atom is -0.297 e. The Bertz CT molecular complexity index is 516. The quantitative estimate of drug-likeness (QED) is 0.682. The molecule has 2 aromatic heterocycles. The molecule has 0 N–H and O–H groups in total. The molecule has 0 radical (unpaired) electrons. The Balaban J connectivity index is 2.68. The lowest BCUT2D eigenvalue weighted by Gasteiger charge is -2.06. The molecule has 0 spiro atoms. The predicted molar refractivity (Wildman–Crippen MR) is 45.6 cm³/mol. The Morgan fingerprint density at radius 2 is 2.07 bits per heavy atom. The molecule has 0 saturated carbocycles. The third-order valence-corrected chi connectivity index (χ3v) is 1.98. The molecule has 2 rings (SSSR count). The fraction of sp³-hybridized carbons (Fsp3) is 0.111. The summed E-state index contributed by atoms with van der Waals surface area (Å²) in [6, 6.07) is 2.15. The maximum Gasteiger partial charge on any atom is 0.417 e. The number of pyridine rings is 1. The number of hydrogen-bond acceptors (Lipinski definition) is 2. The van der Waals surface area contributed by atoms with Crippen molar-refractivity contribution in [2.75, 3.05) is 0 Å². The lowest BCUT2D eigenvalue weighted by molar-refractivity contribution is -0.137. The third-order valence-electron chi connectivity index (χ3n) is 1.98. The predicted octanol–water partition coefficient (Wildman–Crippen LogP) is 2.17. The average molecular weight is 214 g/mol. The molecule has 0 fully saturated rings. The van der Waals surface area contributed by atoms with Crippen molar-refractivity contribution in [3.05, 3.63) is 35.8 Å². The van der Waals surface area contributed by atoms with E-state index in [1.807, 2.05) is 0 Å². The van der Waals surface area contributed by atoms with Gasteiger partial charge in [-0.25, -0.2) is 4.98 Å². The van der Waals surface area contributed by atoms with Gasteiger partial charge in [0.25, 0.3) is 0 Å². The zero-order valence-corrected chi connectivity index (χ0v) is 7.32. The van der Waals surface area contributed by atoms with Gasteiger partial charge in [0, 0.05) is 6.20 Å². The highest BCUT2D eigenvalue weighted by Crippen LogP contribution is 2.29. The van der Waals surface area contributed by atoms with E-state index in [1.54, 1.807) is 0 Å². The van der Waals surface area contributed by atoms with Crippen molar-refractivity contribution in [3.63, 3.8) is 0 Å². The highest BCUT2D eigenvalue weighted by atomic mass is 19.4. The van der Waals surface area contributed by atoms with Gasteiger partial charge in [-0.3, -0.25) is 9.20 Å². The molecule has 0 aromatic carbocycles. The first-order valence-electron chi connectivity index (χ1n) is 4.02. The molecule has 15 heavy (non-hydrogen) atoms. The zero-order valence-electron chi connectivity index (χ0n) is 7.32. The van der Waals surface area contributed by atoms with Crippen molar-refractivity contribution < 1.29 is 18.0 Å². The fourth-order valence-corrected chi connectivity index (χ4v) is 1.25. The van der Waals surface area contributed by atoms with Gasteiger partial charge in [-0.1, -0.05) is 0 Å². The summed E-state index contributed by atoms with van der Waals surface area (Å²) in [6.07, 6.45) is -1.88. The SMILES string of the molecule is O=Cc1cnc2ccc(C(F)(F)F)cn12. The van der Waals surface area contributed by atoms with Crippen LogP contribution >= 0.6 is 0 Å². The molecule has 2 aromatic rings. The maximum atomic E-state index is 12.3. The minimum atomic E-state index is -4.42. The van der Waals surface area contributed by atoms with Gasteiger partial charge in [-0.15, -0.1) is 0 Å². The van der Waals surface area contributed by atoms with E-state index in [9.17, 15) is 18.0 Å². The molecule has 78 valence electrons. The van der Waals surface area contributed by atoms with Crippen LogP contribution in [-0.4, -0.2) is 15.7 Å². The van der Waals surface area contributed by atoms with E-state index in [0.717, 1.165) is 16.7 Å². The summed E-state index contributed by atoms with van der Waals surface area (Å²) < 4.78 is 38.1. The molecule has 0 aliphatic carbocycles. The van der Waals surface area contributed by atoms with Crippen molar-refractivity contribution in [3.8, 4) is 0 Å². The number of carbonyl (C=O) groups excluding carboxylic acids is 1. The molecule has 3 nitrogen and oxygen atoms in total. The lowest BCUT2D eigenvalue weighted by Crippen LogP contribution is -2.06. The first-order chi connectivity index (χ1) is 7.02. The first-order valence-corrected chi connectivity index (χ1v) is 4.02. The number of halogens is 3. The Morgan fingerprint density at radius 3 is 2.67 bits per heavy atom. The Labute approximate surface area is 82.2 Å². The van der Waals surface area contributed by atoms with Crippen molar-refractivity contribution in [1.29, 1.82) is 0 Å². The number of carbonyl (C=O) groups is 1. The molecule has 2 heterocycles. The molecule has 0 saturated heterocycles. The van der Waals surface area contributed by atoms with Gasteiger partial charge in [0.15, 0.2) is 6.29 Å². The minimum absolute atomic E-state index is 0.0936. The Kier molecular flexibility index (Phi) is 1.99. The van der Waals surface area contributed by atoms with Crippen LogP contribution in [0.1, 0.15) is 16.1 Å². The number of alkyl halides is 3. The summed E-state index contributed by atoms with van der Waals surface area (Å²) in [4.78, 5) is 14.3. The second-order valence-electron chi connectivity index (χ2n) is 2.94. The number of aldehydes is 1. The van der Waals surface area contributed by atoms with E-state index in [0.29, 0.717) is 11.9 Å². The van der Waals surface area contributed by atoms with Crippen LogP contribution in [0, 0.1) is 0 Å². The van der Waals surface area contributed by atoms with E-state index >= 15 is 0 Å². The van der Waals surface area contributed by atoms with Crippen LogP contribution < -0.4 is 0 Å². The van der Waals surface area contributed by atoms with Crippen LogP contribution in [-0.2, 0) is 6.18 Å². The number of fused-ring (bicyclic) bond motifs is 1. The van der Waals surface area contributed by atoms with E-state index in [-0.39, 0.29) is 5.69 Å². The van der Waals surface area contributed by atoms with Crippen molar-refractivity contribution in [2.45, 2.75) is 6.18 Å². The van der Waals surface area contributed by atoms with Crippen LogP contribution in [0.4, 0.5) is 13.2 Å². The van der Waals surface area contributed by atoms with Gasteiger partial charge < -0.3 is 0 Å². The smallest absolute Gasteiger partial charge is 0.297 e. The molecular formula is C9H5F3N2O. The zero-order chi connectivity index (χ0) is 11.1. The van der Waals surface area contributed by atoms with E-state index in [4.69, 9.17) is 0 Å². The number of nitrogens with zero attached hydrogens (tertiary/aromatic N) is 2. The maximum absolute atomic E-state index is 12.3. The summed E-state index contributed by atoms with van der Waals surface area (Å²) in [5.41, 5.74) is -0.405. The Hall–Kier alpha value is -1.85. The summed E-state index contributed by atoms with van der Waals surface area (Å²) in [5.74, 6) is 0. The molecule has 0 unspecified atom stereocenters. The van der Waals surface area contributed by atoms with Gasteiger partial charge in [0.05, 0.1) is 11.8 Å². The number of hydrogen-bond donors (Lipinski definition) is 0.